The summed E-state index contributed by atoms with van der Waals surface area (Å²) >= 11 is 1.30. The summed E-state index contributed by atoms with van der Waals surface area (Å²) in [7, 11) is 0. The molecule has 54 heavy (non-hydrogen) atoms. The molecule has 11 rings (SSSR count). The van der Waals surface area contributed by atoms with E-state index in [1.54, 1.807) is 18.9 Å². The quantitative estimate of drug-likeness (QED) is 0.168. The first kappa shape index (κ1) is 44.7. The van der Waals surface area contributed by atoms with Crippen LogP contribution in [0.1, 0.15) is 128 Å². The Hall–Kier alpha value is -2.05. The average Bonchev–Trinajstić information content (AvgIpc) is 3.85. The van der Waals surface area contributed by atoms with E-state index in [-0.39, 0.29) is 35.6 Å². The maximum Gasteiger partial charge on any atom is -0.171 e. The molecule has 0 aromatic heterocycles. The van der Waals surface area contributed by atoms with Crippen LogP contribution in [0.3, 0.4) is 0 Å². The van der Waals surface area contributed by atoms with Crippen LogP contribution in [-0.2, 0) is 41.5 Å². The van der Waals surface area contributed by atoms with Crippen molar-refractivity contribution >= 4 is 40.2 Å². The molecule has 1 unspecified atom stereocenters. The Morgan fingerprint density at radius 3 is 1.74 bits per heavy atom. The average molecular weight is 837 g/mol. The molecule has 3 heteroatoms. The minimum Gasteiger partial charge on any atom is -0.184 e. The second-order valence-electron chi connectivity index (χ2n) is 17.6. The summed E-state index contributed by atoms with van der Waals surface area (Å²) in [4.78, 5) is 0. The smallest absolute Gasteiger partial charge is 0.171 e. The van der Waals surface area contributed by atoms with Crippen molar-refractivity contribution < 1.29 is 24.2 Å². The predicted molar refractivity (Wildman–Crippen MR) is 235 cm³/mol. The summed E-state index contributed by atoms with van der Waals surface area (Å²) in [5.41, 5.74) is 16.7. The Balaban J connectivity index is 0.000000194. The molecular weight excluding hydrogens is 775 g/mol. The van der Waals surface area contributed by atoms with Crippen molar-refractivity contribution in [2.24, 2.45) is 35.0 Å². The van der Waals surface area contributed by atoms with Crippen LogP contribution in [0.2, 0.25) is 0 Å². The number of fused-ring (bicyclic) bond motifs is 5. The zero-order valence-electron chi connectivity index (χ0n) is 34.3. The molecule has 1 atom stereocenters. The molecule has 0 saturated heterocycles. The van der Waals surface area contributed by atoms with Crippen LogP contribution in [-0.4, -0.2) is 4.21 Å². The van der Waals surface area contributed by atoms with Gasteiger partial charge < -0.3 is 6.92 Å². The van der Waals surface area contributed by atoms with Crippen molar-refractivity contribution in [1.82, 2.24) is 0 Å². The second kappa shape index (κ2) is 17.6. The van der Waals surface area contributed by atoms with Gasteiger partial charge in [0.25, 0.3) is 0 Å². The first-order valence-electron chi connectivity index (χ1n) is 19.8. The normalized spacial score (nSPS) is 28.0. The fourth-order valence-corrected chi connectivity index (χ4v) is 11.2. The van der Waals surface area contributed by atoms with Crippen LogP contribution >= 0.6 is 24.8 Å². The molecule has 0 amide bonds. The molecule has 3 aromatic rings. The van der Waals surface area contributed by atoms with Crippen LogP contribution in [0, 0.1) is 60.1 Å². The maximum atomic E-state index is 3.65. The molecule has 8 aliphatic rings. The summed E-state index contributed by atoms with van der Waals surface area (Å²) in [6, 6.07) is 22.3. The van der Waals surface area contributed by atoms with Gasteiger partial charge in [-0.2, -0.15) is 60.5 Å². The number of rotatable bonds is 1. The van der Waals surface area contributed by atoms with Gasteiger partial charge in [-0.15, -0.1) is 36.4 Å². The molecule has 3 aromatic carbocycles. The third-order valence-electron chi connectivity index (χ3n) is 13.4. The minimum absolute atomic E-state index is 0. The number of benzene rings is 3. The maximum absolute atomic E-state index is 3.65. The summed E-state index contributed by atoms with van der Waals surface area (Å²) in [5, 5.41) is 0. The molecule has 0 aliphatic heterocycles. The van der Waals surface area contributed by atoms with Gasteiger partial charge in [0.05, 0.1) is 0 Å². The van der Waals surface area contributed by atoms with Gasteiger partial charge in [-0.3, -0.25) is 12.2 Å². The van der Waals surface area contributed by atoms with E-state index in [9.17, 15) is 0 Å². The van der Waals surface area contributed by atoms with Crippen LogP contribution in [0.5, 0.6) is 0 Å². The summed E-state index contributed by atoms with van der Waals surface area (Å²) in [6.07, 6.45) is 23.1. The van der Waals surface area contributed by atoms with Gasteiger partial charge >= 0.3 is 28.4 Å². The van der Waals surface area contributed by atoms with E-state index >= 15 is 0 Å². The molecule has 4 bridgehead atoms. The molecule has 0 radical (unpaired) electrons. The number of hydrogen-bond acceptors (Lipinski definition) is 0. The molecule has 8 aliphatic carbocycles. The standard InChI is InChI=1S/C25H25.C17H23.C6H5.C2H5.CH2.2ClH.Zr/c1-14-12-24(3,4)22-8-16-7-17-9-23-19(15(2)13-25(23,5)6)11-21(17)20(16)10-18(14)22;1-11-3-4-14(5-11)17(2)15-7-12-6-13(9-15)10-16(17)8-12;1-2-4-6-5-3-1;1-2;;;;/h8-12H,7H2,1-6H3;4-5,11-13,15-16H,6-10H2,1-2H3;1-5H;1H2,2H3;1H2;2*1H;/q4*-1;;;;. The Morgan fingerprint density at radius 1 is 0.722 bits per heavy atom. The van der Waals surface area contributed by atoms with Gasteiger partial charge in [-0.1, -0.05) is 83.4 Å². The van der Waals surface area contributed by atoms with E-state index in [1.807, 2.05) is 30.3 Å². The zero-order chi connectivity index (χ0) is 37.6. The van der Waals surface area contributed by atoms with E-state index in [1.165, 1.54) is 106 Å². The van der Waals surface area contributed by atoms with Crippen LogP contribution < -0.4 is 0 Å². The van der Waals surface area contributed by atoms with Gasteiger partial charge in [0.2, 0.25) is 0 Å². The van der Waals surface area contributed by atoms with Gasteiger partial charge in [0.1, 0.15) is 0 Å². The molecule has 0 N–H and O–H groups in total. The van der Waals surface area contributed by atoms with Crippen LogP contribution in [0.4, 0.5) is 0 Å². The van der Waals surface area contributed by atoms with E-state index < -0.39 is 0 Å². The SMILES string of the molecule is CC1=[C-]C(C)(C)c2cc3c(cc21)-c1cc2c(cc1C3)C(C)(C)C=C2C.CC1[C-]=CC(C2(C)C3CC4CC(C3)CC2C4)=C1.Cl.Cl.[CH2-]C.[CH2]=[Zr].[c-]1ccccc1. The van der Waals surface area contributed by atoms with E-state index in [0.717, 1.165) is 30.1 Å². The monoisotopic (exact) mass is 834 g/mol. The first-order chi connectivity index (χ1) is 24.8. The second-order valence-corrected chi connectivity index (χ2v) is 17.6. The van der Waals surface area contributed by atoms with Crippen molar-refractivity contribution in [3.8, 4) is 11.1 Å². The summed E-state index contributed by atoms with van der Waals surface area (Å²) in [5.74, 6) is 4.68. The summed E-state index contributed by atoms with van der Waals surface area (Å²) < 4.78 is 3.34. The number of hydrogen-bond donors (Lipinski definition) is 0. The Bertz CT molecular complexity index is 1780. The van der Waals surface area contributed by atoms with Crippen molar-refractivity contribution in [2.75, 3.05) is 0 Å². The van der Waals surface area contributed by atoms with Crippen molar-refractivity contribution in [3.63, 3.8) is 0 Å². The fourth-order valence-electron chi connectivity index (χ4n) is 11.2. The molecular formula is C51H62Cl2Zr-4. The van der Waals surface area contributed by atoms with Gasteiger partial charge in [0, 0.05) is 5.41 Å². The van der Waals surface area contributed by atoms with Gasteiger partial charge in [0.15, 0.2) is 0 Å². The Labute approximate surface area is 356 Å². The molecule has 0 spiro atoms. The third kappa shape index (κ3) is 8.18. The third-order valence-corrected chi connectivity index (χ3v) is 13.4. The van der Waals surface area contributed by atoms with E-state index in [0.29, 0.717) is 11.3 Å². The molecule has 0 nitrogen and oxygen atoms in total. The van der Waals surface area contributed by atoms with Gasteiger partial charge in [-0.25, -0.2) is 11.6 Å². The number of allylic oxidation sites excluding steroid dienone is 8. The van der Waals surface area contributed by atoms with Crippen molar-refractivity contribution in [2.45, 2.75) is 112 Å². The number of halogens is 2. The largest absolute Gasteiger partial charge is 0.184 e. The van der Waals surface area contributed by atoms with Crippen LogP contribution in [0.15, 0.2) is 78.4 Å². The topological polar surface area (TPSA) is 0 Å². The molecule has 4 saturated carbocycles. The summed E-state index contributed by atoms with van der Waals surface area (Å²) in [6.45, 7) is 23.5. The van der Waals surface area contributed by atoms with Crippen LogP contribution in [0.25, 0.3) is 22.3 Å². The zero-order valence-corrected chi connectivity index (χ0v) is 38.4. The van der Waals surface area contributed by atoms with Crippen molar-refractivity contribution in [3.05, 3.63) is 137 Å². The minimum atomic E-state index is 0. The Morgan fingerprint density at radius 2 is 1.26 bits per heavy atom. The fraction of sp³-hybridized carbons (Fsp3) is 0.451. The molecule has 288 valence electrons. The molecule has 0 heterocycles. The first-order valence-corrected chi connectivity index (χ1v) is 21.5. The Kier molecular flexibility index (Phi) is 14.6. The van der Waals surface area contributed by atoms with Gasteiger partial charge in [-0.05, 0) is 114 Å². The van der Waals surface area contributed by atoms with E-state index in [2.05, 4.69) is 127 Å². The van der Waals surface area contributed by atoms with Crippen molar-refractivity contribution in [1.29, 1.82) is 0 Å². The van der Waals surface area contributed by atoms with E-state index in [4.69, 9.17) is 0 Å². The molecule has 4 fully saturated rings. The predicted octanol–water partition coefficient (Wildman–Crippen LogP) is 14.0.